The standard InChI is InChI=1S/C17H19Cl2N3O/c1-11(2)13-8-20-10-21-17(13)22-5-6-23-16(9-22)12-3-4-14(18)15(19)7-12/h3-4,7-8,10-11,16H,5-6,9H2,1-2H3. The van der Waals surface area contributed by atoms with Crippen molar-refractivity contribution in [1.29, 1.82) is 0 Å². The van der Waals surface area contributed by atoms with Gasteiger partial charge in [-0.3, -0.25) is 0 Å². The van der Waals surface area contributed by atoms with Crippen LogP contribution in [0.3, 0.4) is 0 Å². The summed E-state index contributed by atoms with van der Waals surface area (Å²) < 4.78 is 5.92. The van der Waals surface area contributed by atoms with Crippen LogP contribution in [0, 0.1) is 0 Å². The highest BCUT2D eigenvalue weighted by Crippen LogP contribution is 2.32. The fourth-order valence-corrected chi connectivity index (χ4v) is 3.07. The zero-order chi connectivity index (χ0) is 16.4. The minimum Gasteiger partial charge on any atom is -0.370 e. The highest BCUT2D eigenvalue weighted by molar-refractivity contribution is 6.42. The molecule has 2 heterocycles. The van der Waals surface area contributed by atoms with E-state index in [1.165, 1.54) is 0 Å². The van der Waals surface area contributed by atoms with Crippen LogP contribution in [0.4, 0.5) is 5.82 Å². The summed E-state index contributed by atoms with van der Waals surface area (Å²) in [6.45, 7) is 6.49. The molecule has 0 spiro atoms. The van der Waals surface area contributed by atoms with Crippen LogP contribution in [-0.4, -0.2) is 29.7 Å². The first-order valence-corrected chi connectivity index (χ1v) is 8.43. The largest absolute Gasteiger partial charge is 0.370 e. The minimum atomic E-state index is -0.0477. The molecule has 1 saturated heterocycles. The highest BCUT2D eigenvalue weighted by atomic mass is 35.5. The van der Waals surface area contributed by atoms with Gasteiger partial charge in [-0.1, -0.05) is 43.1 Å². The Hall–Kier alpha value is -1.36. The normalized spacial score (nSPS) is 18.5. The molecule has 0 aliphatic carbocycles. The lowest BCUT2D eigenvalue weighted by atomic mass is 10.0. The molecular weight excluding hydrogens is 333 g/mol. The molecule has 0 saturated carbocycles. The lowest BCUT2D eigenvalue weighted by Crippen LogP contribution is -2.39. The first-order chi connectivity index (χ1) is 11.1. The van der Waals surface area contributed by atoms with Crippen LogP contribution in [0.5, 0.6) is 0 Å². The van der Waals surface area contributed by atoms with E-state index in [-0.39, 0.29) is 6.10 Å². The molecule has 23 heavy (non-hydrogen) atoms. The summed E-state index contributed by atoms with van der Waals surface area (Å²) in [6, 6.07) is 5.65. The molecule has 1 fully saturated rings. The lowest BCUT2D eigenvalue weighted by Gasteiger charge is -2.35. The topological polar surface area (TPSA) is 38.2 Å². The number of hydrogen-bond acceptors (Lipinski definition) is 4. The van der Waals surface area contributed by atoms with Crippen molar-refractivity contribution in [2.24, 2.45) is 0 Å². The quantitative estimate of drug-likeness (QED) is 0.816. The van der Waals surface area contributed by atoms with E-state index < -0.39 is 0 Å². The average molecular weight is 352 g/mol. The Morgan fingerprint density at radius 3 is 2.83 bits per heavy atom. The molecule has 122 valence electrons. The third-order valence-electron chi connectivity index (χ3n) is 4.02. The van der Waals surface area contributed by atoms with Crippen LogP contribution < -0.4 is 4.90 Å². The Morgan fingerprint density at radius 1 is 1.26 bits per heavy atom. The van der Waals surface area contributed by atoms with E-state index in [0.717, 1.165) is 30.0 Å². The van der Waals surface area contributed by atoms with Crippen LogP contribution >= 0.6 is 23.2 Å². The van der Waals surface area contributed by atoms with Crippen LogP contribution in [-0.2, 0) is 4.74 Å². The van der Waals surface area contributed by atoms with Gasteiger partial charge in [-0.05, 0) is 23.6 Å². The fourth-order valence-electron chi connectivity index (χ4n) is 2.76. The number of halogens is 2. The number of morpholine rings is 1. The Balaban J connectivity index is 1.85. The van der Waals surface area contributed by atoms with Crippen LogP contribution in [0.15, 0.2) is 30.7 Å². The van der Waals surface area contributed by atoms with E-state index in [1.54, 1.807) is 6.33 Å². The SMILES string of the molecule is CC(C)c1cncnc1N1CCOC(c2ccc(Cl)c(Cl)c2)C1. The van der Waals surface area contributed by atoms with Crippen molar-refractivity contribution >= 4 is 29.0 Å². The molecule has 6 heteroatoms. The second kappa shape index (κ2) is 7.04. The maximum absolute atomic E-state index is 6.13. The van der Waals surface area contributed by atoms with Gasteiger partial charge >= 0.3 is 0 Å². The monoisotopic (exact) mass is 351 g/mol. The van der Waals surface area contributed by atoms with Crippen molar-refractivity contribution in [2.75, 3.05) is 24.6 Å². The average Bonchev–Trinajstić information content (AvgIpc) is 2.57. The van der Waals surface area contributed by atoms with E-state index in [2.05, 4.69) is 28.7 Å². The summed E-state index contributed by atoms with van der Waals surface area (Å²) in [7, 11) is 0. The second-order valence-electron chi connectivity index (χ2n) is 5.94. The van der Waals surface area contributed by atoms with Gasteiger partial charge < -0.3 is 9.64 Å². The number of benzene rings is 1. The van der Waals surface area contributed by atoms with Gasteiger partial charge in [0.15, 0.2) is 0 Å². The molecule has 0 amide bonds. The summed E-state index contributed by atoms with van der Waals surface area (Å²) >= 11 is 12.1. The first-order valence-electron chi connectivity index (χ1n) is 7.67. The molecule has 0 N–H and O–H groups in total. The summed E-state index contributed by atoms with van der Waals surface area (Å²) in [4.78, 5) is 10.9. The summed E-state index contributed by atoms with van der Waals surface area (Å²) in [5, 5.41) is 1.11. The van der Waals surface area contributed by atoms with Crippen molar-refractivity contribution in [3.8, 4) is 0 Å². The number of ether oxygens (including phenoxy) is 1. The molecule has 1 aromatic carbocycles. The molecule has 0 bridgehead atoms. The predicted molar refractivity (Wildman–Crippen MR) is 93.5 cm³/mol. The maximum Gasteiger partial charge on any atom is 0.135 e. The zero-order valence-corrected chi connectivity index (χ0v) is 14.7. The van der Waals surface area contributed by atoms with Crippen molar-refractivity contribution < 1.29 is 4.74 Å². The summed E-state index contributed by atoms with van der Waals surface area (Å²) in [5.41, 5.74) is 2.19. The van der Waals surface area contributed by atoms with E-state index in [4.69, 9.17) is 27.9 Å². The molecule has 1 atom stereocenters. The lowest BCUT2D eigenvalue weighted by molar-refractivity contribution is 0.0394. The maximum atomic E-state index is 6.13. The van der Waals surface area contributed by atoms with Gasteiger partial charge in [-0.15, -0.1) is 0 Å². The van der Waals surface area contributed by atoms with Crippen molar-refractivity contribution in [2.45, 2.75) is 25.9 Å². The van der Waals surface area contributed by atoms with Gasteiger partial charge in [0.2, 0.25) is 0 Å². The highest BCUT2D eigenvalue weighted by Gasteiger charge is 2.25. The Labute approximate surface area is 146 Å². The van der Waals surface area contributed by atoms with Crippen LogP contribution in [0.25, 0.3) is 0 Å². The van der Waals surface area contributed by atoms with E-state index in [0.29, 0.717) is 22.6 Å². The third kappa shape index (κ3) is 3.60. The van der Waals surface area contributed by atoms with Gasteiger partial charge in [0.25, 0.3) is 0 Å². The van der Waals surface area contributed by atoms with Crippen molar-refractivity contribution in [3.63, 3.8) is 0 Å². The molecule has 0 radical (unpaired) electrons. The summed E-state index contributed by atoms with van der Waals surface area (Å²) in [5.74, 6) is 1.36. The predicted octanol–water partition coefficient (Wildman–Crippen LogP) is 4.48. The van der Waals surface area contributed by atoms with Gasteiger partial charge in [0, 0.05) is 24.8 Å². The smallest absolute Gasteiger partial charge is 0.135 e. The van der Waals surface area contributed by atoms with Gasteiger partial charge in [-0.25, -0.2) is 9.97 Å². The van der Waals surface area contributed by atoms with Crippen molar-refractivity contribution in [1.82, 2.24) is 9.97 Å². The van der Waals surface area contributed by atoms with Crippen LogP contribution in [0.2, 0.25) is 10.0 Å². The van der Waals surface area contributed by atoms with Gasteiger partial charge in [0.1, 0.15) is 18.2 Å². The number of hydrogen-bond donors (Lipinski definition) is 0. The number of rotatable bonds is 3. The summed E-state index contributed by atoms with van der Waals surface area (Å²) in [6.07, 6.45) is 3.45. The van der Waals surface area contributed by atoms with E-state index >= 15 is 0 Å². The van der Waals surface area contributed by atoms with E-state index in [1.807, 2.05) is 24.4 Å². The zero-order valence-electron chi connectivity index (χ0n) is 13.2. The molecule has 1 unspecified atom stereocenters. The minimum absolute atomic E-state index is 0.0477. The molecule has 1 aromatic heterocycles. The Morgan fingerprint density at radius 2 is 2.09 bits per heavy atom. The number of anilines is 1. The van der Waals surface area contributed by atoms with Crippen LogP contribution in [0.1, 0.15) is 37.0 Å². The third-order valence-corrected chi connectivity index (χ3v) is 4.76. The van der Waals surface area contributed by atoms with Gasteiger partial charge in [-0.2, -0.15) is 0 Å². The number of nitrogens with zero attached hydrogens (tertiary/aromatic N) is 3. The Kier molecular flexibility index (Phi) is 5.05. The second-order valence-corrected chi connectivity index (χ2v) is 6.75. The molecule has 2 aromatic rings. The van der Waals surface area contributed by atoms with Gasteiger partial charge in [0.05, 0.1) is 16.7 Å². The Bertz CT molecular complexity index is 693. The number of aromatic nitrogens is 2. The molecule has 3 rings (SSSR count). The first kappa shape index (κ1) is 16.5. The fraction of sp³-hybridized carbons (Fsp3) is 0.412. The van der Waals surface area contributed by atoms with E-state index in [9.17, 15) is 0 Å². The molecular formula is C17H19Cl2N3O. The van der Waals surface area contributed by atoms with Crippen molar-refractivity contribution in [3.05, 3.63) is 51.9 Å². The molecule has 1 aliphatic heterocycles. The molecule has 4 nitrogen and oxygen atoms in total. The molecule has 1 aliphatic rings.